The highest BCUT2D eigenvalue weighted by Gasteiger charge is 2.24. The van der Waals surface area contributed by atoms with Crippen LogP contribution in [0.3, 0.4) is 0 Å². The minimum absolute atomic E-state index is 0.0728. The summed E-state index contributed by atoms with van der Waals surface area (Å²) in [4.78, 5) is 16.6. The van der Waals surface area contributed by atoms with E-state index >= 15 is 0 Å². The van der Waals surface area contributed by atoms with Crippen molar-refractivity contribution in [1.82, 2.24) is 15.0 Å². The predicted octanol–water partition coefficient (Wildman–Crippen LogP) is 4.98. The van der Waals surface area contributed by atoms with Gasteiger partial charge in [0.1, 0.15) is 11.6 Å². The fourth-order valence-electron chi connectivity index (χ4n) is 4.33. The van der Waals surface area contributed by atoms with E-state index in [4.69, 9.17) is 14.4 Å². The number of carboxylic acids is 1. The number of aromatic nitrogens is 2. The van der Waals surface area contributed by atoms with Gasteiger partial charge in [-0.25, -0.2) is 8.78 Å². The third kappa shape index (κ3) is 5.58. The fourth-order valence-corrected chi connectivity index (χ4v) is 4.33. The highest BCUT2D eigenvalue weighted by Crippen LogP contribution is 2.36. The number of allylic oxidation sites excluding steroid dienone is 2. The first-order valence-electron chi connectivity index (χ1n) is 11.4. The lowest BCUT2D eigenvalue weighted by atomic mass is 9.85. The molecule has 0 bridgehead atoms. The van der Waals surface area contributed by atoms with Crippen LogP contribution in [0.15, 0.2) is 58.6 Å². The molecule has 2 aromatic carbocycles. The van der Waals surface area contributed by atoms with E-state index < -0.39 is 17.6 Å². The van der Waals surface area contributed by atoms with Crippen molar-refractivity contribution < 1.29 is 27.9 Å². The number of carboxylic acid groups (broad SMARTS) is 1. The van der Waals surface area contributed by atoms with Crippen LogP contribution < -0.4 is 0 Å². The molecule has 0 aliphatic heterocycles. The van der Waals surface area contributed by atoms with Gasteiger partial charge in [-0.15, -0.1) is 0 Å². The van der Waals surface area contributed by atoms with E-state index in [1.807, 2.05) is 18.2 Å². The topological polar surface area (TPSA) is 88.7 Å². The number of methoxy groups -OCH3 is 1. The van der Waals surface area contributed by atoms with E-state index in [2.05, 4.69) is 35.3 Å². The van der Waals surface area contributed by atoms with Crippen molar-refractivity contribution >= 4 is 11.5 Å². The maximum atomic E-state index is 14.7. The average molecular weight is 496 g/mol. The molecule has 1 N–H and O–H groups in total. The van der Waals surface area contributed by atoms with Gasteiger partial charge in [-0.3, -0.25) is 9.69 Å². The minimum atomic E-state index is -1.08. The molecule has 0 saturated carbocycles. The largest absolute Gasteiger partial charge is 0.480 e. The Kier molecular flexibility index (Phi) is 7.71. The van der Waals surface area contributed by atoms with Crippen LogP contribution >= 0.6 is 0 Å². The Balaban J connectivity index is 1.57. The molecule has 4 rings (SSSR count). The van der Waals surface area contributed by atoms with E-state index in [1.54, 1.807) is 7.11 Å². The van der Waals surface area contributed by atoms with E-state index in [0.717, 1.165) is 34.4 Å². The average Bonchev–Trinajstić information content (AvgIpc) is 3.32. The zero-order valence-corrected chi connectivity index (χ0v) is 20.3. The lowest BCUT2D eigenvalue weighted by Crippen LogP contribution is -2.26. The number of rotatable bonds is 9. The number of likely N-dealkylation sites (N-methyl/N-ethyl adjacent to an activating group) is 1. The monoisotopic (exact) mass is 495 g/mol. The van der Waals surface area contributed by atoms with Crippen LogP contribution in [0, 0.1) is 18.6 Å². The van der Waals surface area contributed by atoms with E-state index in [0.29, 0.717) is 18.9 Å². The quantitative estimate of drug-likeness (QED) is 0.448. The van der Waals surface area contributed by atoms with Crippen LogP contribution in [0.2, 0.25) is 0 Å². The summed E-state index contributed by atoms with van der Waals surface area (Å²) in [6.45, 7) is 1.94. The Morgan fingerprint density at radius 2 is 1.97 bits per heavy atom. The lowest BCUT2D eigenvalue weighted by Gasteiger charge is -2.21. The maximum Gasteiger partial charge on any atom is 0.317 e. The zero-order chi connectivity index (χ0) is 25.8. The first-order chi connectivity index (χ1) is 17.3. The molecule has 188 valence electrons. The molecule has 1 atom stereocenters. The first kappa shape index (κ1) is 25.4. The molecule has 1 aliphatic carbocycles. The molecule has 7 nitrogen and oxygen atoms in total. The second kappa shape index (κ2) is 10.9. The highest BCUT2D eigenvalue weighted by molar-refractivity contribution is 5.82. The van der Waals surface area contributed by atoms with Crippen molar-refractivity contribution in [3.8, 4) is 11.4 Å². The third-order valence-corrected chi connectivity index (χ3v) is 6.05. The molecular formula is C27H27F2N3O4. The fraction of sp³-hybridized carbons (Fsp3) is 0.296. The summed E-state index contributed by atoms with van der Waals surface area (Å²) in [6, 6.07) is 10.4. The predicted molar refractivity (Wildman–Crippen MR) is 130 cm³/mol. The summed E-state index contributed by atoms with van der Waals surface area (Å²) >= 11 is 0. The molecule has 0 saturated heterocycles. The second-order valence-corrected chi connectivity index (χ2v) is 8.84. The number of hydrogen-bond donors (Lipinski definition) is 1. The molecule has 1 aliphatic rings. The molecule has 1 aromatic heterocycles. The minimum Gasteiger partial charge on any atom is -0.480 e. The van der Waals surface area contributed by atoms with Gasteiger partial charge in [0.05, 0.1) is 19.1 Å². The van der Waals surface area contributed by atoms with Gasteiger partial charge in [-0.05, 0) is 54.8 Å². The zero-order valence-electron chi connectivity index (χ0n) is 20.3. The molecule has 36 heavy (non-hydrogen) atoms. The lowest BCUT2D eigenvalue weighted by molar-refractivity contribution is -0.138. The molecule has 0 spiro atoms. The molecule has 0 amide bonds. The standard InChI is InChI=1S/C27H27F2N3O4/c1-16-6-4-5-7-20(16)21-9-8-17(10-19(21)15-35-3)27-30-26(31-36-27)18-11-23(28)22(24(29)12-18)13-32(2)14-25(33)34/h4-7,9-12,17H,8,13-15H2,1-3H3,(H,33,34). The van der Waals surface area contributed by atoms with Crippen LogP contribution in [0.4, 0.5) is 8.78 Å². The number of benzene rings is 2. The van der Waals surface area contributed by atoms with Gasteiger partial charge in [-0.2, -0.15) is 4.98 Å². The number of carbonyl (C=O) groups is 1. The van der Waals surface area contributed by atoms with Gasteiger partial charge in [0.25, 0.3) is 0 Å². The summed E-state index contributed by atoms with van der Waals surface area (Å²) in [6.07, 6.45) is 4.77. The number of aliphatic carboxylic acids is 1. The van der Waals surface area contributed by atoms with Crippen LogP contribution in [-0.4, -0.2) is 53.4 Å². The van der Waals surface area contributed by atoms with Gasteiger partial charge in [0.2, 0.25) is 11.7 Å². The van der Waals surface area contributed by atoms with Crippen LogP contribution in [0.5, 0.6) is 0 Å². The number of hydrogen-bond acceptors (Lipinski definition) is 6. The SMILES string of the molecule is COCC1=CC(c2nc(-c3cc(F)c(CN(C)CC(=O)O)c(F)c3)no2)CC=C1c1ccccc1C. The van der Waals surface area contributed by atoms with Crippen LogP contribution in [-0.2, 0) is 16.1 Å². The smallest absolute Gasteiger partial charge is 0.317 e. The summed E-state index contributed by atoms with van der Waals surface area (Å²) in [5, 5.41) is 12.8. The molecule has 3 aromatic rings. The normalized spacial score (nSPS) is 15.7. The van der Waals surface area contributed by atoms with Crippen LogP contribution in [0.25, 0.3) is 17.0 Å². The molecule has 1 heterocycles. The van der Waals surface area contributed by atoms with Crippen LogP contribution in [0.1, 0.15) is 34.9 Å². The first-order valence-corrected chi connectivity index (χ1v) is 11.4. The molecule has 0 radical (unpaired) electrons. The van der Waals surface area contributed by atoms with Crippen molar-refractivity contribution in [2.45, 2.75) is 25.8 Å². The number of aryl methyl sites for hydroxylation is 1. The van der Waals surface area contributed by atoms with E-state index in [1.165, 1.54) is 11.9 Å². The van der Waals surface area contributed by atoms with Crippen molar-refractivity contribution in [3.63, 3.8) is 0 Å². The van der Waals surface area contributed by atoms with E-state index in [9.17, 15) is 13.6 Å². The van der Waals surface area contributed by atoms with Gasteiger partial charge in [-0.1, -0.05) is 41.6 Å². The summed E-state index contributed by atoms with van der Waals surface area (Å²) in [7, 11) is 3.11. The number of nitrogens with zero attached hydrogens (tertiary/aromatic N) is 3. The van der Waals surface area contributed by atoms with Gasteiger partial charge in [0.15, 0.2) is 0 Å². The van der Waals surface area contributed by atoms with Crippen molar-refractivity contribution in [2.75, 3.05) is 27.3 Å². The van der Waals surface area contributed by atoms with Gasteiger partial charge >= 0.3 is 5.97 Å². The van der Waals surface area contributed by atoms with Gasteiger partial charge < -0.3 is 14.4 Å². The second-order valence-electron chi connectivity index (χ2n) is 8.84. The molecule has 1 unspecified atom stereocenters. The molecule has 9 heteroatoms. The van der Waals surface area contributed by atoms with E-state index in [-0.39, 0.29) is 36.0 Å². The summed E-state index contributed by atoms with van der Waals surface area (Å²) in [5.41, 5.74) is 4.29. The molecule has 0 fully saturated rings. The number of ether oxygens (including phenoxy) is 1. The number of halogens is 2. The summed E-state index contributed by atoms with van der Waals surface area (Å²) in [5.74, 6) is -2.49. The Hall–Kier alpha value is -3.69. The van der Waals surface area contributed by atoms with Crippen molar-refractivity contribution in [2.24, 2.45) is 0 Å². The van der Waals surface area contributed by atoms with Crippen molar-refractivity contribution in [1.29, 1.82) is 0 Å². The van der Waals surface area contributed by atoms with Gasteiger partial charge in [0, 0.05) is 24.8 Å². The van der Waals surface area contributed by atoms with Crippen molar-refractivity contribution in [3.05, 3.63) is 88.3 Å². The Morgan fingerprint density at radius 1 is 1.25 bits per heavy atom. The highest BCUT2D eigenvalue weighted by atomic mass is 19.1. The Morgan fingerprint density at radius 3 is 2.64 bits per heavy atom. The molecular weight excluding hydrogens is 468 g/mol. The third-order valence-electron chi connectivity index (χ3n) is 6.05. The maximum absolute atomic E-state index is 14.7. The Bertz CT molecular complexity index is 1310. The Labute approximate surface area is 207 Å². The summed E-state index contributed by atoms with van der Waals surface area (Å²) < 4.78 is 40.3.